The van der Waals surface area contributed by atoms with Crippen molar-refractivity contribution in [2.24, 2.45) is 4.99 Å². The Morgan fingerprint density at radius 3 is 3.06 bits per heavy atom. The van der Waals surface area contributed by atoms with Crippen molar-refractivity contribution in [1.82, 2.24) is 10.5 Å². The van der Waals surface area contributed by atoms with Gasteiger partial charge in [-0.15, -0.1) is 0 Å². The van der Waals surface area contributed by atoms with E-state index >= 15 is 0 Å². The standard InChI is InChI=1S/C13H15N3O2/c1-3-10(6-7-14-2)15-13(17)11-8-12(18-16-11)9-4-5-9/h3,6-9H,2,4-5H2,1H3,(H,15,17)/b7-6-,10-3+. The number of aromatic nitrogens is 1. The van der Waals surface area contributed by atoms with Crippen LogP contribution in [-0.2, 0) is 0 Å². The van der Waals surface area contributed by atoms with Gasteiger partial charge in [0.05, 0.1) is 0 Å². The molecule has 0 atom stereocenters. The highest BCUT2D eigenvalue weighted by atomic mass is 16.5. The van der Waals surface area contributed by atoms with Crippen molar-refractivity contribution >= 4 is 12.6 Å². The minimum absolute atomic E-state index is 0.285. The van der Waals surface area contributed by atoms with Crippen molar-refractivity contribution in [2.45, 2.75) is 25.7 Å². The van der Waals surface area contributed by atoms with Gasteiger partial charge >= 0.3 is 0 Å². The van der Waals surface area contributed by atoms with Crippen molar-refractivity contribution in [3.05, 3.63) is 41.6 Å². The van der Waals surface area contributed by atoms with Gasteiger partial charge in [0.2, 0.25) is 0 Å². The zero-order valence-corrected chi connectivity index (χ0v) is 10.2. The van der Waals surface area contributed by atoms with Gasteiger partial charge in [-0.1, -0.05) is 11.2 Å². The van der Waals surface area contributed by atoms with Crippen LogP contribution >= 0.6 is 0 Å². The van der Waals surface area contributed by atoms with Gasteiger partial charge in [0, 0.05) is 23.9 Å². The first-order chi connectivity index (χ1) is 8.74. The van der Waals surface area contributed by atoms with E-state index in [2.05, 4.69) is 22.2 Å². The Bertz CT molecular complexity index is 510. The third kappa shape index (κ3) is 2.94. The van der Waals surface area contributed by atoms with E-state index in [1.54, 1.807) is 18.2 Å². The van der Waals surface area contributed by atoms with Crippen LogP contribution in [0.2, 0.25) is 0 Å². The van der Waals surface area contributed by atoms with Crippen LogP contribution in [0.1, 0.15) is 41.9 Å². The quantitative estimate of drug-likeness (QED) is 0.639. The fourth-order valence-corrected chi connectivity index (χ4v) is 1.49. The summed E-state index contributed by atoms with van der Waals surface area (Å²) in [4.78, 5) is 15.5. The molecule has 5 heteroatoms. The summed E-state index contributed by atoms with van der Waals surface area (Å²) in [6.07, 6.45) is 7.16. The summed E-state index contributed by atoms with van der Waals surface area (Å²) in [6.45, 7) is 5.15. The molecular formula is C13H15N3O2. The largest absolute Gasteiger partial charge is 0.360 e. The summed E-state index contributed by atoms with van der Waals surface area (Å²) in [7, 11) is 0. The Balaban J connectivity index is 2.01. The van der Waals surface area contributed by atoms with Gasteiger partial charge in [-0.3, -0.25) is 9.79 Å². The number of amides is 1. The SMILES string of the molecule is C=N/C=C\C(=C/C)NC(=O)c1cc(C2CC2)on1. The third-order valence-corrected chi connectivity index (χ3v) is 2.67. The monoisotopic (exact) mass is 245 g/mol. The van der Waals surface area contributed by atoms with Crippen molar-refractivity contribution in [2.75, 3.05) is 0 Å². The summed E-state index contributed by atoms with van der Waals surface area (Å²) in [5.74, 6) is 0.961. The van der Waals surface area contributed by atoms with Crippen LogP contribution in [0.5, 0.6) is 0 Å². The first-order valence-corrected chi connectivity index (χ1v) is 5.81. The smallest absolute Gasteiger partial charge is 0.277 e. The number of rotatable bonds is 5. The molecule has 1 aromatic rings. The van der Waals surface area contributed by atoms with Gasteiger partial charge in [0.25, 0.3) is 5.91 Å². The van der Waals surface area contributed by atoms with E-state index in [9.17, 15) is 4.79 Å². The molecule has 1 heterocycles. The molecule has 5 nitrogen and oxygen atoms in total. The van der Waals surface area contributed by atoms with Crippen LogP contribution < -0.4 is 5.32 Å². The zero-order chi connectivity index (χ0) is 13.0. The Kier molecular flexibility index (Phi) is 3.72. The van der Waals surface area contributed by atoms with E-state index in [-0.39, 0.29) is 5.91 Å². The number of nitrogens with one attached hydrogen (secondary N) is 1. The van der Waals surface area contributed by atoms with Gasteiger partial charge in [0.1, 0.15) is 5.76 Å². The molecule has 0 aromatic carbocycles. The second kappa shape index (κ2) is 5.44. The molecule has 0 unspecified atom stereocenters. The van der Waals surface area contributed by atoms with E-state index in [4.69, 9.17) is 4.52 Å². The topological polar surface area (TPSA) is 67.5 Å². The van der Waals surface area contributed by atoms with Gasteiger partial charge < -0.3 is 9.84 Å². The van der Waals surface area contributed by atoms with Crippen LogP contribution in [0, 0.1) is 0 Å². The number of nitrogens with zero attached hydrogens (tertiary/aromatic N) is 2. The van der Waals surface area contributed by atoms with Crippen LogP contribution in [0.25, 0.3) is 0 Å². The van der Waals surface area contributed by atoms with E-state index in [1.165, 1.54) is 6.20 Å². The van der Waals surface area contributed by atoms with Crippen molar-refractivity contribution in [1.29, 1.82) is 0 Å². The van der Waals surface area contributed by atoms with Crippen LogP contribution in [0.3, 0.4) is 0 Å². The van der Waals surface area contributed by atoms with Crippen molar-refractivity contribution in [3.8, 4) is 0 Å². The van der Waals surface area contributed by atoms with Gasteiger partial charge in [-0.2, -0.15) is 0 Å². The summed E-state index contributed by atoms with van der Waals surface area (Å²) < 4.78 is 5.13. The highest BCUT2D eigenvalue weighted by Gasteiger charge is 2.28. The minimum atomic E-state index is -0.285. The molecule has 1 aliphatic carbocycles. The molecule has 1 aliphatic rings. The molecule has 2 rings (SSSR count). The Morgan fingerprint density at radius 1 is 1.67 bits per heavy atom. The van der Waals surface area contributed by atoms with E-state index < -0.39 is 0 Å². The maximum atomic E-state index is 11.9. The Labute approximate surface area is 105 Å². The number of carbonyl (C=O) groups excluding carboxylic acids is 1. The summed E-state index contributed by atoms with van der Waals surface area (Å²) in [5.41, 5.74) is 0.944. The molecule has 0 aliphatic heterocycles. The molecule has 0 saturated heterocycles. The van der Waals surface area contributed by atoms with Gasteiger partial charge in [0.15, 0.2) is 5.69 Å². The zero-order valence-electron chi connectivity index (χ0n) is 10.2. The number of hydrogen-bond donors (Lipinski definition) is 1. The predicted octanol–water partition coefficient (Wildman–Crippen LogP) is 2.40. The van der Waals surface area contributed by atoms with Crippen LogP contribution in [0.15, 0.2) is 39.6 Å². The molecule has 18 heavy (non-hydrogen) atoms. The molecule has 0 spiro atoms. The maximum absolute atomic E-state index is 11.9. The van der Waals surface area contributed by atoms with E-state index in [0.29, 0.717) is 17.3 Å². The normalized spacial score (nSPS) is 15.9. The van der Waals surface area contributed by atoms with Crippen LogP contribution in [0.4, 0.5) is 0 Å². The van der Waals surface area contributed by atoms with Crippen molar-refractivity contribution < 1.29 is 9.32 Å². The average molecular weight is 245 g/mol. The fourth-order valence-electron chi connectivity index (χ4n) is 1.49. The molecule has 94 valence electrons. The summed E-state index contributed by atoms with van der Waals surface area (Å²) in [5, 5.41) is 6.49. The lowest BCUT2D eigenvalue weighted by Gasteiger charge is -2.01. The minimum Gasteiger partial charge on any atom is -0.360 e. The number of allylic oxidation sites excluding steroid dienone is 2. The number of hydrogen-bond acceptors (Lipinski definition) is 4. The lowest BCUT2D eigenvalue weighted by molar-refractivity contribution is 0.0958. The molecule has 0 radical (unpaired) electrons. The number of aliphatic imine (C=N–C) groups is 1. The van der Waals surface area contributed by atoms with E-state index in [0.717, 1.165) is 18.6 Å². The molecule has 1 aromatic heterocycles. The molecule has 1 N–H and O–H groups in total. The second-order valence-corrected chi connectivity index (χ2v) is 4.09. The summed E-state index contributed by atoms with van der Waals surface area (Å²) >= 11 is 0. The molecule has 0 bridgehead atoms. The maximum Gasteiger partial charge on any atom is 0.277 e. The van der Waals surface area contributed by atoms with Gasteiger partial charge in [-0.05, 0) is 32.6 Å². The molecule has 1 amide bonds. The predicted molar refractivity (Wildman–Crippen MR) is 68.4 cm³/mol. The lowest BCUT2D eigenvalue weighted by atomic mass is 10.2. The highest BCUT2D eigenvalue weighted by Crippen LogP contribution is 2.40. The highest BCUT2D eigenvalue weighted by molar-refractivity contribution is 5.93. The molecular weight excluding hydrogens is 230 g/mol. The van der Waals surface area contributed by atoms with Crippen LogP contribution in [-0.4, -0.2) is 17.8 Å². The van der Waals surface area contributed by atoms with Gasteiger partial charge in [-0.25, -0.2) is 0 Å². The number of carbonyl (C=O) groups is 1. The first kappa shape index (κ1) is 12.3. The second-order valence-electron chi connectivity index (χ2n) is 4.09. The molecule has 1 saturated carbocycles. The Morgan fingerprint density at radius 2 is 2.44 bits per heavy atom. The van der Waals surface area contributed by atoms with E-state index in [1.807, 2.05) is 6.92 Å². The fraction of sp³-hybridized carbons (Fsp3) is 0.308. The van der Waals surface area contributed by atoms with Crippen molar-refractivity contribution in [3.63, 3.8) is 0 Å². The average Bonchev–Trinajstić information content (AvgIpc) is 3.12. The summed E-state index contributed by atoms with van der Waals surface area (Å²) in [6, 6.07) is 1.70. The Hall–Kier alpha value is -2.17. The lowest BCUT2D eigenvalue weighted by Crippen LogP contribution is -2.22. The third-order valence-electron chi connectivity index (χ3n) is 2.67. The first-order valence-electron chi connectivity index (χ1n) is 5.81. The molecule has 1 fully saturated rings.